The molecule has 0 N–H and O–H groups in total. The first-order valence-electron chi connectivity index (χ1n) is 7.06. The minimum Gasteiger partial charge on any atom is -0.195 e. The summed E-state index contributed by atoms with van der Waals surface area (Å²) in [6, 6.07) is 5.19. The molecule has 1 heterocycles. The fourth-order valence-electron chi connectivity index (χ4n) is 2.45. The summed E-state index contributed by atoms with van der Waals surface area (Å²) in [6.07, 6.45) is 4.06. The van der Waals surface area contributed by atoms with Crippen LogP contribution in [0.1, 0.15) is 31.2 Å². The molecule has 1 saturated heterocycles. The Morgan fingerprint density at radius 2 is 1.71 bits per heavy atom. The van der Waals surface area contributed by atoms with Gasteiger partial charge in [-0.25, -0.2) is 0 Å². The van der Waals surface area contributed by atoms with Gasteiger partial charge in [-0.2, -0.15) is 17.0 Å². The average Bonchev–Trinajstić information content (AvgIpc) is 2.72. The Hall–Kier alpha value is -0.330. The van der Waals surface area contributed by atoms with E-state index < -0.39 is 10.2 Å². The zero-order valence-electron chi connectivity index (χ0n) is 12.1. The number of nitrogens with zero attached hydrogens (tertiary/aromatic N) is 2. The standard InChI is InChI=1S/C14H20Cl2N2O2S/c1-17(11-12-6-7-13(15)14(16)10-12)21(19,20)18-8-4-2-3-5-9-18/h6-7,10H,2-5,8-9,11H2,1H3. The van der Waals surface area contributed by atoms with Gasteiger partial charge in [-0.1, -0.05) is 42.1 Å². The highest BCUT2D eigenvalue weighted by Gasteiger charge is 2.27. The second-order valence-corrected chi connectivity index (χ2v) is 8.18. The van der Waals surface area contributed by atoms with E-state index in [0.29, 0.717) is 23.1 Å². The summed E-state index contributed by atoms with van der Waals surface area (Å²) < 4.78 is 28.1. The normalized spacial score (nSPS) is 17.9. The molecule has 1 aliphatic rings. The number of benzene rings is 1. The molecule has 0 bridgehead atoms. The van der Waals surface area contributed by atoms with Gasteiger partial charge in [-0.3, -0.25) is 0 Å². The van der Waals surface area contributed by atoms with Crippen LogP contribution < -0.4 is 0 Å². The van der Waals surface area contributed by atoms with E-state index in [0.717, 1.165) is 31.2 Å². The van der Waals surface area contributed by atoms with Crippen molar-refractivity contribution in [3.05, 3.63) is 33.8 Å². The summed E-state index contributed by atoms with van der Waals surface area (Å²) in [5.74, 6) is 0. The van der Waals surface area contributed by atoms with E-state index in [9.17, 15) is 8.42 Å². The molecule has 0 unspecified atom stereocenters. The lowest BCUT2D eigenvalue weighted by molar-refractivity contribution is 0.363. The SMILES string of the molecule is CN(Cc1ccc(Cl)c(Cl)c1)S(=O)(=O)N1CCCCCC1. The van der Waals surface area contributed by atoms with Gasteiger partial charge in [-0.15, -0.1) is 0 Å². The van der Waals surface area contributed by atoms with Gasteiger partial charge in [-0.05, 0) is 30.5 Å². The monoisotopic (exact) mass is 350 g/mol. The van der Waals surface area contributed by atoms with Gasteiger partial charge in [0.05, 0.1) is 10.0 Å². The zero-order chi connectivity index (χ0) is 15.5. The summed E-state index contributed by atoms with van der Waals surface area (Å²) in [5, 5.41) is 0.910. The molecule has 0 radical (unpaired) electrons. The molecule has 1 aliphatic heterocycles. The highest BCUT2D eigenvalue weighted by Crippen LogP contribution is 2.24. The van der Waals surface area contributed by atoms with Gasteiger partial charge in [0.2, 0.25) is 0 Å². The summed E-state index contributed by atoms with van der Waals surface area (Å²) >= 11 is 11.8. The molecule has 1 fully saturated rings. The van der Waals surface area contributed by atoms with Crippen LogP contribution in [0.3, 0.4) is 0 Å². The fraction of sp³-hybridized carbons (Fsp3) is 0.571. The molecule has 0 spiro atoms. The van der Waals surface area contributed by atoms with Crippen LogP contribution in [-0.2, 0) is 16.8 Å². The minimum absolute atomic E-state index is 0.287. The van der Waals surface area contributed by atoms with Crippen LogP contribution in [0, 0.1) is 0 Å². The van der Waals surface area contributed by atoms with Crippen molar-refractivity contribution in [1.82, 2.24) is 8.61 Å². The Labute approximate surface area is 136 Å². The van der Waals surface area contributed by atoms with E-state index in [2.05, 4.69) is 0 Å². The third-order valence-corrected chi connectivity index (χ3v) is 6.35. The molecule has 0 saturated carbocycles. The highest BCUT2D eigenvalue weighted by molar-refractivity contribution is 7.86. The molecule has 0 aliphatic carbocycles. The number of halogens is 2. The van der Waals surface area contributed by atoms with Crippen LogP contribution in [0.15, 0.2) is 18.2 Å². The molecule has 1 aromatic carbocycles. The topological polar surface area (TPSA) is 40.6 Å². The van der Waals surface area contributed by atoms with E-state index in [1.807, 2.05) is 0 Å². The van der Waals surface area contributed by atoms with Crippen molar-refractivity contribution in [3.8, 4) is 0 Å². The van der Waals surface area contributed by atoms with Gasteiger partial charge in [0, 0.05) is 26.7 Å². The van der Waals surface area contributed by atoms with Gasteiger partial charge in [0.1, 0.15) is 0 Å². The summed E-state index contributed by atoms with van der Waals surface area (Å²) in [6.45, 7) is 1.50. The molecule has 2 rings (SSSR count). The highest BCUT2D eigenvalue weighted by atomic mass is 35.5. The van der Waals surface area contributed by atoms with Crippen LogP contribution in [0.25, 0.3) is 0 Å². The molecular formula is C14H20Cl2N2O2S. The predicted octanol–water partition coefficient (Wildman–Crippen LogP) is 3.55. The van der Waals surface area contributed by atoms with E-state index in [1.54, 1.807) is 29.6 Å². The van der Waals surface area contributed by atoms with Crippen molar-refractivity contribution in [2.45, 2.75) is 32.2 Å². The number of rotatable bonds is 4. The molecule has 7 heteroatoms. The summed E-state index contributed by atoms with van der Waals surface area (Å²) in [5.41, 5.74) is 0.824. The van der Waals surface area contributed by atoms with Crippen LogP contribution in [-0.4, -0.2) is 37.2 Å². The Bertz CT molecular complexity index is 585. The third kappa shape index (κ3) is 4.33. The van der Waals surface area contributed by atoms with E-state index in [1.165, 1.54) is 4.31 Å². The zero-order valence-corrected chi connectivity index (χ0v) is 14.4. The quantitative estimate of drug-likeness (QED) is 0.832. The number of hydrogen-bond donors (Lipinski definition) is 0. The summed E-state index contributed by atoms with van der Waals surface area (Å²) in [7, 11) is -1.82. The lowest BCUT2D eigenvalue weighted by Crippen LogP contribution is -2.42. The molecule has 0 amide bonds. The van der Waals surface area contributed by atoms with Crippen molar-refractivity contribution in [3.63, 3.8) is 0 Å². The molecule has 0 aromatic heterocycles. The molecular weight excluding hydrogens is 331 g/mol. The average molecular weight is 351 g/mol. The largest absolute Gasteiger partial charge is 0.282 e. The Balaban J connectivity index is 2.10. The van der Waals surface area contributed by atoms with Crippen LogP contribution in [0.5, 0.6) is 0 Å². The Morgan fingerprint density at radius 3 is 2.29 bits per heavy atom. The second-order valence-electron chi connectivity index (χ2n) is 5.33. The molecule has 21 heavy (non-hydrogen) atoms. The Kier molecular flexibility index (Phi) is 5.91. The lowest BCUT2D eigenvalue weighted by Gasteiger charge is -2.26. The first kappa shape index (κ1) is 17.0. The van der Waals surface area contributed by atoms with Crippen molar-refractivity contribution >= 4 is 33.4 Å². The van der Waals surface area contributed by atoms with Crippen LogP contribution in [0.2, 0.25) is 10.0 Å². The third-order valence-electron chi connectivity index (χ3n) is 3.67. The van der Waals surface area contributed by atoms with Gasteiger partial charge >= 0.3 is 0 Å². The maximum absolute atomic E-state index is 12.6. The Morgan fingerprint density at radius 1 is 1.10 bits per heavy atom. The van der Waals surface area contributed by atoms with Crippen molar-refractivity contribution < 1.29 is 8.42 Å². The minimum atomic E-state index is -3.42. The van der Waals surface area contributed by atoms with E-state index in [4.69, 9.17) is 23.2 Å². The van der Waals surface area contributed by atoms with Crippen molar-refractivity contribution in [2.24, 2.45) is 0 Å². The van der Waals surface area contributed by atoms with E-state index >= 15 is 0 Å². The van der Waals surface area contributed by atoms with Crippen molar-refractivity contribution in [1.29, 1.82) is 0 Å². The maximum Gasteiger partial charge on any atom is 0.282 e. The van der Waals surface area contributed by atoms with Gasteiger partial charge < -0.3 is 0 Å². The molecule has 1 aromatic rings. The van der Waals surface area contributed by atoms with Gasteiger partial charge in [0.15, 0.2) is 0 Å². The molecule has 118 valence electrons. The molecule has 0 atom stereocenters. The van der Waals surface area contributed by atoms with Gasteiger partial charge in [0.25, 0.3) is 10.2 Å². The molecule has 4 nitrogen and oxygen atoms in total. The van der Waals surface area contributed by atoms with E-state index in [-0.39, 0.29) is 6.54 Å². The maximum atomic E-state index is 12.6. The number of hydrogen-bond acceptors (Lipinski definition) is 2. The second kappa shape index (κ2) is 7.29. The predicted molar refractivity (Wildman–Crippen MR) is 86.9 cm³/mol. The van der Waals surface area contributed by atoms with Crippen LogP contribution >= 0.6 is 23.2 Å². The summed E-state index contributed by atoms with van der Waals surface area (Å²) in [4.78, 5) is 0. The first-order chi connectivity index (χ1) is 9.91. The smallest absolute Gasteiger partial charge is 0.195 e. The lowest BCUT2D eigenvalue weighted by atomic mass is 10.2. The van der Waals surface area contributed by atoms with Crippen molar-refractivity contribution in [2.75, 3.05) is 20.1 Å². The first-order valence-corrected chi connectivity index (χ1v) is 9.22. The fourth-order valence-corrected chi connectivity index (χ4v) is 4.19. The van der Waals surface area contributed by atoms with Crippen LogP contribution in [0.4, 0.5) is 0 Å².